The lowest BCUT2D eigenvalue weighted by atomic mass is 10.2. The van der Waals surface area contributed by atoms with E-state index >= 15 is 0 Å². The first-order valence-electron chi connectivity index (χ1n) is 11.2. The van der Waals surface area contributed by atoms with Gasteiger partial charge in [0, 0.05) is 38.8 Å². The van der Waals surface area contributed by atoms with Crippen LogP contribution < -0.4 is 20.1 Å². The maximum absolute atomic E-state index is 5.40. The molecule has 0 bridgehead atoms. The van der Waals surface area contributed by atoms with Gasteiger partial charge >= 0.3 is 0 Å². The average Bonchev–Trinajstić information content (AvgIpc) is 3.51. The fraction of sp³-hybridized carbons (Fsp3) is 0.360. The predicted molar refractivity (Wildman–Crippen MR) is 146 cm³/mol. The van der Waals surface area contributed by atoms with Crippen molar-refractivity contribution in [3.8, 4) is 22.8 Å². The number of aromatic nitrogens is 2. The van der Waals surface area contributed by atoms with Crippen molar-refractivity contribution in [2.24, 2.45) is 4.99 Å². The van der Waals surface area contributed by atoms with Crippen LogP contribution in [-0.4, -0.2) is 61.2 Å². The summed E-state index contributed by atoms with van der Waals surface area (Å²) in [4.78, 5) is 14.7. The monoisotopic (exact) mass is 576 g/mol. The molecule has 2 aromatic carbocycles. The van der Waals surface area contributed by atoms with Crippen LogP contribution in [0.15, 0.2) is 59.7 Å². The summed E-state index contributed by atoms with van der Waals surface area (Å²) >= 11 is 0. The molecule has 1 unspecified atom stereocenters. The van der Waals surface area contributed by atoms with Gasteiger partial charge in [-0.25, -0.2) is 4.98 Å². The second-order valence-electron chi connectivity index (χ2n) is 8.12. The number of guanidine groups is 1. The number of halogens is 1. The molecule has 182 valence electrons. The Morgan fingerprint density at radius 3 is 2.56 bits per heavy atom. The van der Waals surface area contributed by atoms with E-state index in [1.165, 1.54) is 5.56 Å². The van der Waals surface area contributed by atoms with Gasteiger partial charge in [-0.3, -0.25) is 9.89 Å². The number of benzene rings is 2. The first-order valence-corrected chi connectivity index (χ1v) is 11.2. The van der Waals surface area contributed by atoms with E-state index in [1.54, 1.807) is 21.3 Å². The highest BCUT2D eigenvalue weighted by Crippen LogP contribution is 2.24. The molecular formula is C25H33IN6O2. The van der Waals surface area contributed by atoms with Crippen molar-refractivity contribution in [2.75, 3.05) is 34.4 Å². The largest absolute Gasteiger partial charge is 0.497 e. The molecule has 8 nitrogen and oxygen atoms in total. The lowest BCUT2D eigenvalue weighted by Crippen LogP contribution is -2.44. The van der Waals surface area contributed by atoms with Crippen LogP contribution in [0.5, 0.6) is 11.5 Å². The van der Waals surface area contributed by atoms with Gasteiger partial charge in [-0.15, -0.1) is 24.0 Å². The molecule has 9 heteroatoms. The van der Waals surface area contributed by atoms with Crippen LogP contribution in [0.3, 0.4) is 0 Å². The Kier molecular flexibility index (Phi) is 9.58. The smallest absolute Gasteiger partial charge is 0.191 e. The SMILES string of the molecule is CN=C(NCc1ncc(-c2ccccc2)[nH]1)NC1CCN(Cc2cc(OC)cc(OC)c2)C1.I. The summed E-state index contributed by atoms with van der Waals surface area (Å²) in [6.07, 6.45) is 2.92. The number of ether oxygens (including phenoxy) is 2. The van der Waals surface area contributed by atoms with Gasteiger partial charge in [0.05, 0.1) is 32.7 Å². The minimum atomic E-state index is 0. The highest BCUT2D eigenvalue weighted by atomic mass is 127. The van der Waals surface area contributed by atoms with Crippen molar-refractivity contribution in [2.45, 2.75) is 25.6 Å². The van der Waals surface area contributed by atoms with Gasteiger partial charge in [-0.05, 0) is 29.7 Å². The molecule has 34 heavy (non-hydrogen) atoms. The Morgan fingerprint density at radius 1 is 1.15 bits per heavy atom. The average molecular weight is 576 g/mol. The number of likely N-dealkylation sites (tertiary alicyclic amines) is 1. The molecule has 3 aromatic rings. The molecule has 1 atom stereocenters. The van der Waals surface area contributed by atoms with Crippen LogP contribution >= 0.6 is 24.0 Å². The van der Waals surface area contributed by atoms with Crippen LogP contribution in [0.2, 0.25) is 0 Å². The highest BCUT2D eigenvalue weighted by Gasteiger charge is 2.23. The third kappa shape index (κ3) is 6.86. The molecule has 1 aliphatic heterocycles. The molecule has 1 saturated heterocycles. The number of methoxy groups -OCH3 is 2. The second kappa shape index (κ2) is 12.6. The summed E-state index contributed by atoms with van der Waals surface area (Å²) in [5.74, 6) is 3.28. The summed E-state index contributed by atoms with van der Waals surface area (Å²) < 4.78 is 10.8. The summed E-state index contributed by atoms with van der Waals surface area (Å²) in [6.45, 7) is 3.39. The van der Waals surface area contributed by atoms with Crippen LogP contribution in [0.1, 0.15) is 17.8 Å². The van der Waals surface area contributed by atoms with Crippen molar-refractivity contribution >= 4 is 29.9 Å². The van der Waals surface area contributed by atoms with Crippen LogP contribution in [-0.2, 0) is 13.1 Å². The van der Waals surface area contributed by atoms with E-state index in [0.29, 0.717) is 12.6 Å². The van der Waals surface area contributed by atoms with E-state index in [4.69, 9.17) is 9.47 Å². The highest BCUT2D eigenvalue weighted by molar-refractivity contribution is 14.0. The van der Waals surface area contributed by atoms with Gasteiger partial charge in [-0.2, -0.15) is 0 Å². The van der Waals surface area contributed by atoms with Gasteiger partial charge in [-0.1, -0.05) is 30.3 Å². The fourth-order valence-electron chi connectivity index (χ4n) is 4.08. The van der Waals surface area contributed by atoms with Gasteiger partial charge in [0.25, 0.3) is 0 Å². The Hall–Kier alpha value is -2.79. The molecule has 1 aromatic heterocycles. The fourth-order valence-corrected chi connectivity index (χ4v) is 4.08. The van der Waals surface area contributed by atoms with Crippen LogP contribution in [0, 0.1) is 0 Å². The summed E-state index contributed by atoms with van der Waals surface area (Å²) in [7, 11) is 5.15. The molecule has 1 aliphatic rings. The standard InChI is InChI=1S/C25H32N6O2.HI/c1-26-25(28-15-24-27-14-23(30-24)19-7-5-4-6-8-19)29-20-9-10-31(17-20)16-18-11-21(32-2)13-22(12-18)33-3;/h4-8,11-14,20H,9-10,15-17H2,1-3H3,(H,27,30)(H2,26,28,29);1H. The Bertz CT molecular complexity index is 1050. The van der Waals surface area contributed by atoms with Crippen LogP contribution in [0.4, 0.5) is 0 Å². The van der Waals surface area contributed by atoms with Crippen LogP contribution in [0.25, 0.3) is 11.3 Å². The Morgan fingerprint density at radius 2 is 1.88 bits per heavy atom. The quantitative estimate of drug-likeness (QED) is 0.216. The Labute approximate surface area is 218 Å². The van der Waals surface area contributed by atoms with Crippen molar-refractivity contribution in [3.05, 3.63) is 66.1 Å². The molecule has 3 N–H and O–H groups in total. The zero-order valence-electron chi connectivity index (χ0n) is 19.9. The van der Waals surface area contributed by atoms with E-state index in [2.05, 4.69) is 54.8 Å². The normalized spacial score (nSPS) is 16.1. The molecule has 0 aliphatic carbocycles. The maximum Gasteiger partial charge on any atom is 0.191 e. The minimum absolute atomic E-state index is 0. The zero-order chi connectivity index (χ0) is 23.0. The van der Waals surface area contributed by atoms with Crippen molar-refractivity contribution in [1.29, 1.82) is 0 Å². The molecular weight excluding hydrogens is 543 g/mol. The summed E-state index contributed by atoms with van der Waals surface area (Å²) in [6, 6.07) is 16.6. The van der Waals surface area contributed by atoms with Crippen molar-refractivity contribution in [1.82, 2.24) is 25.5 Å². The van der Waals surface area contributed by atoms with E-state index in [1.807, 2.05) is 30.5 Å². The third-order valence-corrected chi connectivity index (χ3v) is 5.79. The third-order valence-electron chi connectivity index (χ3n) is 5.79. The second-order valence-corrected chi connectivity index (χ2v) is 8.12. The predicted octanol–water partition coefficient (Wildman–Crippen LogP) is 3.65. The molecule has 0 saturated carbocycles. The van der Waals surface area contributed by atoms with E-state index < -0.39 is 0 Å². The van der Waals surface area contributed by atoms with Gasteiger partial charge < -0.3 is 25.1 Å². The van der Waals surface area contributed by atoms with Gasteiger partial charge in [0.1, 0.15) is 17.3 Å². The van der Waals surface area contributed by atoms with Gasteiger partial charge in [0.2, 0.25) is 0 Å². The Balaban J connectivity index is 0.00000324. The minimum Gasteiger partial charge on any atom is -0.497 e. The number of nitrogens with zero attached hydrogens (tertiary/aromatic N) is 3. The van der Waals surface area contributed by atoms with E-state index in [9.17, 15) is 0 Å². The van der Waals surface area contributed by atoms with E-state index in [-0.39, 0.29) is 24.0 Å². The summed E-state index contributed by atoms with van der Waals surface area (Å²) in [5.41, 5.74) is 3.32. The number of H-pyrrole nitrogens is 1. The van der Waals surface area contributed by atoms with Crippen molar-refractivity contribution < 1.29 is 9.47 Å². The lowest BCUT2D eigenvalue weighted by Gasteiger charge is -2.19. The topological polar surface area (TPSA) is 86.8 Å². The van der Waals surface area contributed by atoms with Gasteiger partial charge in [0.15, 0.2) is 5.96 Å². The van der Waals surface area contributed by atoms with Crippen molar-refractivity contribution in [3.63, 3.8) is 0 Å². The number of imidazole rings is 1. The maximum atomic E-state index is 5.40. The first-order chi connectivity index (χ1) is 16.2. The molecule has 4 rings (SSSR count). The number of hydrogen-bond acceptors (Lipinski definition) is 5. The molecule has 0 amide bonds. The summed E-state index contributed by atoms with van der Waals surface area (Å²) in [5, 5.41) is 6.91. The van der Waals surface area contributed by atoms with E-state index in [0.717, 1.165) is 60.6 Å². The number of aromatic amines is 1. The molecule has 1 fully saturated rings. The molecule has 2 heterocycles. The molecule has 0 spiro atoms. The number of hydrogen-bond donors (Lipinski definition) is 3. The lowest BCUT2D eigenvalue weighted by molar-refractivity contribution is 0.321. The molecule has 0 radical (unpaired) electrons. The number of nitrogens with one attached hydrogen (secondary N) is 3. The first kappa shape index (κ1) is 25.8. The number of rotatable bonds is 8. The zero-order valence-corrected chi connectivity index (χ0v) is 22.2. The number of aliphatic imine (C=N–C) groups is 1.